The number of aryl methyl sites for hydroxylation is 1. The molecule has 88 valence electrons. The van der Waals surface area contributed by atoms with E-state index in [1.165, 1.54) is 36.9 Å². The van der Waals surface area contributed by atoms with Gasteiger partial charge in [0, 0.05) is 24.8 Å². The fourth-order valence-electron chi connectivity index (χ4n) is 2.61. The Balaban J connectivity index is 2.14. The van der Waals surface area contributed by atoms with Crippen LogP contribution in [0.25, 0.3) is 0 Å². The first kappa shape index (κ1) is 11.5. The number of nitrogens with zero attached hydrogens (tertiary/aromatic N) is 1. The van der Waals surface area contributed by atoms with Gasteiger partial charge in [-0.2, -0.15) is 0 Å². The standard InChI is InChI=1S/C14H22N2/c1-12-6-8-14(9-7-12)16(11-10-15)13-4-2-3-5-13/h6-9,13H,2-5,10-11,15H2,1H3. The van der Waals surface area contributed by atoms with E-state index in [4.69, 9.17) is 5.73 Å². The van der Waals surface area contributed by atoms with E-state index in [9.17, 15) is 0 Å². The second-order valence-electron chi connectivity index (χ2n) is 4.76. The average molecular weight is 218 g/mol. The van der Waals surface area contributed by atoms with Crippen LogP contribution in [0.3, 0.4) is 0 Å². The Morgan fingerprint density at radius 2 is 1.81 bits per heavy atom. The molecule has 0 aromatic heterocycles. The lowest BCUT2D eigenvalue weighted by Crippen LogP contribution is -2.37. The van der Waals surface area contributed by atoms with Gasteiger partial charge < -0.3 is 10.6 Å². The van der Waals surface area contributed by atoms with Gasteiger partial charge in [0.25, 0.3) is 0 Å². The van der Waals surface area contributed by atoms with Crippen molar-refractivity contribution in [3.05, 3.63) is 29.8 Å². The van der Waals surface area contributed by atoms with Gasteiger partial charge in [-0.3, -0.25) is 0 Å². The molecule has 0 heterocycles. The molecule has 0 saturated heterocycles. The van der Waals surface area contributed by atoms with Crippen molar-refractivity contribution in [2.75, 3.05) is 18.0 Å². The zero-order valence-corrected chi connectivity index (χ0v) is 10.2. The highest BCUT2D eigenvalue weighted by molar-refractivity contribution is 5.48. The van der Waals surface area contributed by atoms with E-state index in [0.29, 0.717) is 6.04 Å². The number of hydrogen-bond acceptors (Lipinski definition) is 2. The smallest absolute Gasteiger partial charge is 0.0369 e. The Morgan fingerprint density at radius 3 is 2.38 bits per heavy atom. The lowest BCUT2D eigenvalue weighted by molar-refractivity contribution is 0.609. The van der Waals surface area contributed by atoms with Gasteiger partial charge in [-0.25, -0.2) is 0 Å². The second kappa shape index (κ2) is 5.35. The van der Waals surface area contributed by atoms with E-state index in [1.807, 2.05) is 0 Å². The number of hydrogen-bond donors (Lipinski definition) is 1. The highest BCUT2D eigenvalue weighted by Crippen LogP contribution is 2.27. The molecule has 0 amide bonds. The first-order chi connectivity index (χ1) is 7.81. The van der Waals surface area contributed by atoms with Crippen molar-refractivity contribution in [3.8, 4) is 0 Å². The third-order valence-electron chi connectivity index (χ3n) is 3.50. The Kier molecular flexibility index (Phi) is 3.83. The van der Waals surface area contributed by atoms with Crippen molar-refractivity contribution in [3.63, 3.8) is 0 Å². The van der Waals surface area contributed by atoms with Gasteiger partial charge in [0.05, 0.1) is 0 Å². The van der Waals surface area contributed by atoms with Crippen LogP contribution < -0.4 is 10.6 Å². The van der Waals surface area contributed by atoms with Gasteiger partial charge in [0.2, 0.25) is 0 Å². The van der Waals surface area contributed by atoms with E-state index < -0.39 is 0 Å². The Labute approximate surface area is 98.4 Å². The van der Waals surface area contributed by atoms with Crippen LogP contribution in [0.1, 0.15) is 31.2 Å². The lowest BCUT2D eigenvalue weighted by Gasteiger charge is -2.30. The van der Waals surface area contributed by atoms with Crippen LogP contribution in [0, 0.1) is 6.92 Å². The molecule has 0 unspecified atom stereocenters. The largest absolute Gasteiger partial charge is 0.367 e. The summed E-state index contributed by atoms with van der Waals surface area (Å²) in [6.45, 7) is 3.85. The molecule has 16 heavy (non-hydrogen) atoms. The minimum atomic E-state index is 0.714. The second-order valence-corrected chi connectivity index (χ2v) is 4.76. The van der Waals surface area contributed by atoms with Crippen molar-refractivity contribution in [1.82, 2.24) is 0 Å². The number of nitrogens with two attached hydrogens (primary N) is 1. The summed E-state index contributed by atoms with van der Waals surface area (Å²) in [6.07, 6.45) is 5.40. The summed E-state index contributed by atoms with van der Waals surface area (Å²) in [5.74, 6) is 0. The summed E-state index contributed by atoms with van der Waals surface area (Å²) < 4.78 is 0. The summed E-state index contributed by atoms with van der Waals surface area (Å²) in [6, 6.07) is 9.54. The van der Waals surface area contributed by atoms with Crippen LogP contribution in [-0.2, 0) is 0 Å². The van der Waals surface area contributed by atoms with E-state index in [0.717, 1.165) is 13.1 Å². The first-order valence-electron chi connectivity index (χ1n) is 6.34. The summed E-state index contributed by atoms with van der Waals surface area (Å²) in [5, 5.41) is 0. The van der Waals surface area contributed by atoms with Crippen LogP contribution in [-0.4, -0.2) is 19.1 Å². The van der Waals surface area contributed by atoms with Crippen LogP contribution in [0.2, 0.25) is 0 Å². The molecule has 0 radical (unpaired) electrons. The molecule has 2 rings (SSSR count). The van der Waals surface area contributed by atoms with Gasteiger partial charge in [0.1, 0.15) is 0 Å². The highest BCUT2D eigenvalue weighted by atomic mass is 15.2. The number of anilines is 1. The van der Waals surface area contributed by atoms with Gasteiger partial charge in [-0.05, 0) is 31.9 Å². The molecule has 2 nitrogen and oxygen atoms in total. The molecule has 2 heteroatoms. The lowest BCUT2D eigenvalue weighted by atomic mass is 10.1. The number of benzene rings is 1. The molecule has 1 aromatic rings. The normalized spacial score (nSPS) is 16.6. The molecule has 1 aliphatic rings. The number of rotatable bonds is 4. The monoisotopic (exact) mass is 218 g/mol. The summed E-state index contributed by atoms with van der Waals surface area (Å²) in [5.41, 5.74) is 8.38. The minimum Gasteiger partial charge on any atom is -0.367 e. The molecule has 0 bridgehead atoms. The van der Waals surface area contributed by atoms with Gasteiger partial charge in [0.15, 0.2) is 0 Å². The molecule has 1 saturated carbocycles. The summed E-state index contributed by atoms with van der Waals surface area (Å²) >= 11 is 0. The zero-order chi connectivity index (χ0) is 11.4. The van der Waals surface area contributed by atoms with E-state index in [-0.39, 0.29) is 0 Å². The first-order valence-corrected chi connectivity index (χ1v) is 6.34. The maximum absolute atomic E-state index is 5.72. The SMILES string of the molecule is Cc1ccc(N(CCN)C2CCCC2)cc1. The van der Waals surface area contributed by atoms with Gasteiger partial charge in [-0.15, -0.1) is 0 Å². The third kappa shape index (κ3) is 2.56. The molecule has 0 spiro atoms. The van der Waals surface area contributed by atoms with Crippen molar-refractivity contribution in [1.29, 1.82) is 0 Å². The predicted molar refractivity (Wildman–Crippen MR) is 69.8 cm³/mol. The molecule has 0 aliphatic heterocycles. The van der Waals surface area contributed by atoms with Gasteiger partial charge in [-0.1, -0.05) is 30.5 Å². The maximum atomic E-state index is 5.72. The Morgan fingerprint density at radius 1 is 1.19 bits per heavy atom. The zero-order valence-electron chi connectivity index (χ0n) is 10.2. The quantitative estimate of drug-likeness (QED) is 0.842. The van der Waals surface area contributed by atoms with Crippen LogP contribution in [0.15, 0.2) is 24.3 Å². The Hall–Kier alpha value is -1.02. The predicted octanol–water partition coefficient (Wildman–Crippen LogP) is 2.70. The van der Waals surface area contributed by atoms with Crippen molar-refractivity contribution in [2.24, 2.45) is 5.73 Å². The molecule has 1 aliphatic carbocycles. The van der Waals surface area contributed by atoms with Crippen molar-refractivity contribution < 1.29 is 0 Å². The maximum Gasteiger partial charge on any atom is 0.0369 e. The molecular formula is C14H22N2. The fraction of sp³-hybridized carbons (Fsp3) is 0.571. The molecule has 2 N–H and O–H groups in total. The van der Waals surface area contributed by atoms with E-state index in [1.54, 1.807) is 0 Å². The average Bonchev–Trinajstić information content (AvgIpc) is 2.81. The van der Waals surface area contributed by atoms with Crippen molar-refractivity contribution >= 4 is 5.69 Å². The molecule has 1 fully saturated rings. The molecule has 0 atom stereocenters. The minimum absolute atomic E-state index is 0.714. The van der Waals surface area contributed by atoms with Gasteiger partial charge >= 0.3 is 0 Å². The van der Waals surface area contributed by atoms with Crippen LogP contribution >= 0.6 is 0 Å². The molecule has 1 aromatic carbocycles. The molecular weight excluding hydrogens is 196 g/mol. The fourth-order valence-corrected chi connectivity index (χ4v) is 2.61. The van der Waals surface area contributed by atoms with E-state index in [2.05, 4.69) is 36.1 Å². The Bertz CT molecular complexity index is 312. The summed E-state index contributed by atoms with van der Waals surface area (Å²) in [7, 11) is 0. The summed E-state index contributed by atoms with van der Waals surface area (Å²) in [4.78, 5) is 2.49. The van der Waals surface area contributed by atoms with Crippen LogP contribution in [0.5, 0.6) is 0 Å². The van der Waals surface area contributed by atoms with Crippen LogP contribution in [0.4, 0.5) is 5.69 Å². The van der Waals surface area contributed by atoms with Crippen molar-refractivity contribution in [2.45, 2.75) is 38.6 Å². The van der Waals surface area contributed by atoms with E-state index >= 15 is 0 Å². The topological polar surface area (TPSA) is 29.3 Å². The third-order valence-corrected chi connectivity index (χ3v) is 3.50. The highest BCUT2D eigenvalue weighted by Gasteiger charge is 2.21.